The molecule has 0 bridgehead atoms. The van der Waals surface area contributed by atoms with Crippen LogP contribution in [0.15, 0.2) is 30.3 Å². The summed E-state index contributed by atoms with van der Waals surface area (Å²) in [6, 6.07) is 6.94. The third kappa shape index (κ3) is 5.94. The van der Waals surface area contributed by atoms with Gasteiger partial charge in [-0.05, 0) is 51.0 Å². The van der Waals surface area contributed by atoms with E-state index in [4.69, 9.17) is 11.6 Å². The van der Waals surface area contributed by atoms with E-state index < -0.39 is 0 Å². The van der Waals surface area contributed by atoms with Gasteiger partial charge in [-0.1, -0.05) is 31.5 Å². The summed E-state index contributed by atoms with van der Waals surface area (Å²) in [5.74, 6) is 0.0596. The number of halogens is 1. The third-order valence-electron chi connectivity index (χ3n) is 4.48. The van der Waals surface area contributed by atoms with E-state index in [1.165, 1.54) is 6.08 Å². The number of rotatable bonds is 8. The first-order valence-corrected chi connectivity index (χ1v) is 10.3. The molecular formula is C22H29ClN4O2. The van der Waals surface area contributed by atoms with Gasteiger partial charge in [-0.15, -0.1) is 0 Å². The fourth-order valence-electron chi connectivity index (χ4n) is 2.99. The van der Waals surface area contributed by atoms with Gasteiger partial charge >= 0.3 is 0 Å². The number of benzene rings is 1. The van der Waals surface area contributed by atoms with Crippen molar-refractivity contribution in [3.05, 3.63) is 52.3 Å². The van der Waals surface area contributed by atoms with Crippen molar-refractivity contribution in [2.45, 2.75) is 41.2 Å². The van der Waals surface area contributed by atoms with Gasteiger partial charge in [-0.3, -0.25) is 14.3 Å². The molecule has 2 aromatic rings. The minimum absolute atomic E-state index is 0.0541. The monoisotopic (exact) mass is 416 g/mol. The molecule has 1 aromatic carbocycles. The highest BCUT2D eigenvalue weighted by molar-refractivity contribution is 6.31. The van der Waals surface area contributed by atoms with Gasteiger partial charge in [0, 0.05) is 42.5 Å². The molecule has 0 aliphatic heterocycles. The lowest BCUT2D eigenvalue weighted by molar-refractivity contribution is -0.111. The number of hydrogen-bond acceptors (Lipinski definition) is 3. The van der Waals surface area contributed by atoms with Crippen molar-refractivity contribution < 1.29 is 9.59 Å². The number of aryl methyl sites for hydroxylation is 1. The molecule has 0 radical (unpaired) electrons. The van der Waals surface area contributed by atoms with Crippen LogP contribution in [-0.2, 0) is 11.3 Å². The van der Waals surface area contributed by atoms with Crippen molar-refractivity contribution in [3.8, 4) is 0 Å². The number of aromatic nitrogens is 2. The fraction of sp³-hybridized carbons (Fsp3) is 0.409. The number of anilines is 1. The Kier molecular flexibility index (Phi) is 8.02. The number of carbonyl (C=O) groups is 2. The average molecular weight is 417 g/mol. The molecule has 2 rings (SSSR count). The highest BCUT2D eigenvalue weighted by Crippen LogP contribution is 2.22. The lowest BCUT2D eigenvalue weighted by atomic mass is 10.1. The summed E-state index contributed by atoms with van der Waals surface area (Å²) in [6.45, 7) is 11.9. The van der Waals surface area contributed by atoms with Crippen molar-refractivity contribution in [2.24, 2.45) is 5.92 Å². The number of carbonyl (C=O) groups excluding carboxylic acids is 2. The summed E-state index contributed by atoms with van der Waals surface area (Å²) >= 11 is 6.41. The van der Waals surface area contributed by atoms with E-state index in [1.807, 2.05) is 20.8 Å². The Morgan fingerprint density at radius 1 is 1.28 bits per heavy atom. The largest absolute Gasteiger partial charge is 0.339 e. The van der Waals surface area contributed by atoms with Crippen LogP contribution in [0.1, 0.15) is 49.3 Å². The van der Waals surface area contributed by atoms with Gasteiger partial charge in [0.25, 0.3) is 5.91 Å². The zero-order valence-electron chi connectivity index (χ0n) is 17.7. The molecule has 1 N–H and O–H groups in total. The molecule has 0 saturated heterocycles. The van der Waals surface area contributed by atoms with Gasteiger partial charge in [0.15, 0.2) is 0 Å². The number of hydrogen-bond donors (Lipinski definition) is 1. The summed E-state index contributed by atoms with van der Waals surface area (Å²) in [5, 5.41) is 7.75. The molecule has 156 valence electrons. The van der Waals surface area contributed by atoms with Crippen LogP contribution in [-0.4, -0.2) is 39.6 Å². The van der Waals surface area contributed by atoms with Gasteiger partial charge in [0.2, 0.25) is 5.91 Å². The van der Waals surface area contributed by atoms with Crippen molar-refractivity contribution >= 4 is 35.2 Å². The molecule has 0 saturated carbocycles. The lowest BCUT2D eigenvalue weighted by Gasteiger charge is -2.18. The Hall–Kier alpha value is -2.60. The standard InChI is InChI=1S/C22H29ClN4O2/c1-6-26(7-2)22(29)17-9-8-10-18(13-17)24-20(28)12-11-19-16(5)25-27(21(19)23)14-15(3)4/h8-13,15H,6-7,14H2,1-5H3,(H,24,28)/b12-11+. The molecule has 0 aliphatic carbocycles. The van der Waals surface area contributed by atoms with Crippen LogP contribution in [0.4, 0.5) is 5.69 Å². The van der Waals surface area contributed by atoms with Crippen LogP contribution in [0.2, 0.25) is 5.15 Å². The number of amides is 2. The van der Waals surface area contributed by atoms with Crippen LogP contribution in [0, 0.1) is 12.8 Å². The van der Waals surface area contributed by atoms with Crippen molar-refractivity contribution in [3.63, 3.8) is 0 Å². The zero-order valence-corrected chi connectivity index (χ0v) is 18.5. The van der Waals surface area contributed by atoms with E-state index in [1.54, 1.807) is 39.9 Å². The minimum Gasteiger partial charge on any atom is -0.339 e. The molecule has 1 aromatic heterocycles. The normalized spacial score (nSPS) is 11.3. The van der Waals surface area contributed by atoms with Crippen molar-refractivity contribution in [2.75, 3.05) is 18.4 Å². The Morgan fingerprint density at radius 3 is 2.59 bits per heavy atom. The Balaban J connectivity index is 2.11. The van der Waals surface area contributed by atoms with E-state index in [-0.39, 0.29) is 11.8 Å². The van der Waals surface area contributed by atoms with Crippen molar-refractivity contribution in [1.82, 2.24) is 14.7 Å². The van der Waals surface area contributed by atoms with Crippen LogP contribution in [0.5, 0.6) is 0 Å². The van der Waals surface area contributed by atoms with E-state index in [2.05, 4.69) is 24.3 Å². The van der Waals surface area contributed by atoms with E-state index in [0.29, 0.717) is 42.0 Å². The van der Waals surface area contributed by atoms with E-state index >= 15 is 0 Å². The molecule has 0 fully saturated rings. The molecule has 0 unspecified atom stereocenters. The zero-order chi connectivity index (χ0) is 21.6. The van der Waals surface area contributed by atoms with E-state index in [0.717, 1.165) is 11.3 Å². The van der Waals surface area contributed by atoms with Gasteiger partial charge in [0.1, 0.15) is 5.15 Å². The topological polar surface area (TPSA) is 67.2 Å². The minimum atomic E-state index is -0.301. The predicted octanol–water partition coefficient (Wildman–Crippen LogP) is 4.63. The summed E-state index contributed by atoms with van der Waals surface area (Å²) in [5.41, 5.74) is 2.61. The molecule has 7 heteroatoms. The number of nitrogens with zero attached hydrogens (tertiary/aromatic N) is 3. The van der Waals surface area contributed by atoms with Crippen LogP contribution < -0.4 is 5.32 Å². The van der Waals surface area contributed by atoms with Crippen LogP contribution in [0.25, 0.3) is 6.08 Å². The Morgan fingerprint density at radius 2 is 1.97 bits per heavy atom. The molecule has 29 heavy (non-hydrogen) atoms. The van der Waals surface area contributed by atoms with Gasteiger partial charge in [-0.25, -0.2) is 0 Å². The fourth-order valence-corrected chi connectivity index (χ4v) is 3.30. The van der Waals surface area contributed by atoms with Gasteiger partial charge in [0.05, 0.1) is 5.69 Å². The molecule has 0 spiro atoms. The summed E-state index contributed by atoms with van der Waals surface area (Å²) in [6.07, 6.45) is 3.09. The maximum atomic E-state index is 12.5. The summed E-state index contributed by atoms with van der Waals surface area (Å²) in [7, 11) is 0. The smallest absolute Gasteiger partial charge is 0.253 e. The quantitative estimate of drug-likeness (QED) is 0.637. The van der Waals surface area contributed by atoms with Crippen molar-refractivity contribution in [1.29, 1.82) is 0 Å². The molecule has 0 atom stereocenters. The summed E-state index contributed by atoms with van der Waals surface area (Å²) in [4.78, 5) is 26.6. The molecule has 2 amide bonds. The van der Waals surface area contributed by atoms with Gasteiger partial charge in [-0.2, -0.15) is 5.10 Å². The average Bonchev–Trinajstić information content (AvgIpc) is 2.93. The first kappa shape index (κ1) is 22.7. The SMILES string of the molecule is CCN(CC)C(=O)c1cccc(NC(=O)/C=C/c2c(C)nn(CC(C)C)c2Cl)c1. The van der Waals surface area contributed by atoms with Gasteiger partial charge < -0.3 is 10.2 Å². The Bertz CT molecular complexity index is 898. The first-order valence-electron chi connectivity index (χ1n) is 9.88. The Labute approximate surface area is 177 Å². The molecule has 0 aliphatic rings. The maximum absolute atomic E-state index is 12.5. The predicted molar refractivity (Wildman–Crippen MR) is 118 cm³/mol. The third-order valence-corrected chi connectivity index (χ3v) is 4.88. The van der Waals surface area contributed by atoms with Crippen LogP contribution >= 0.6 is 11.6 Å². The molecular weight excluding hydrogens is 388 g/mol. The second-order valence-corrected chi connectivity index (χ2v) is 7.60. The molecule has 1 heterocycles. The summed E-state index contributed by atoms with van der Waals surface area (Å²) < 4.78 is 1.75. The second kappa shape index (κ2) is 10.3. The molecule has 6 nitrogen and oxygen atoms in total. The van der Waals surface area contributed by atoms with E-state index in [9.17, 15) is 9.59 Å². The highest BCUT2D eigenvalue weighted by atomic mass is 35.5. The maximum Gasteiger partial charge on any atom is 0.253 e. The number of nitrogens with one attached hydrogen (secondary N) is 1. The highest BCUT2D eigenvalue weighted by Gasteiger charge is 2.14. The first-order chi connectivity index (χ1) is 13.8. The van der Waals surface area contributed by atoms with Crippen LogP contribution in [0.3, 0.4) is 0 Å². The second-order valence-electron chi connectivity index (χ2n) is 7.25. The lowest BCUT2D eigenvalue weighted by Crippen LogP contribution is -2.30.